The van der Waals surface area contributed by atoms with Gasteiger partial charge in [0.2, 0.25) is 0 Å². The normalized spacial score (nSPS) is 11.1. The van der Waals surface area contributed by atoms with E-state index in [4.69, 9.17) is 0 Å². The second kappa shape index (κ2) is 5.72. The van der Waals surface area contributed by atoms with Crippen molar-refractivity contribution >= 4 is 0 Å². The van der Waals surface area contributed by atoms with Crippen molar-refractivity contribution in [1.82, 2.24) is 25.6 Å². The zero-order chi connectivity index (χ0) is 10.4. The van der Waals surface area contributed by atoms with Gasteiger partial charge in [0.15, 0.2) is 0 Å². The van der Waals surface area contributed by atoms with Crippen LogP contribution in [-0.4, -0.2) is 34.1 Å². The Kier molecular flexibility index (Phi) is 4.55. The molecule has 0 radical (unpaired) electrons. The van der Waals surface area contributed by atoms with Crippen LogP contribution in [0.25, 0.3) is 0 Å². The van der Waals surface area contributed by atoms with Gasteiger partial charge in [0.05, 0.1) is 5.69 Å². The third-order valence-corrected chi connectivity index (χ3v) is 1.81. The zero-order valence-electron chi connectivity index (χ0n) is 9.12. The largest absolute Gasteiger partial charge is 0.313 e. The lowest BCUT2D eigenvalue weighted by atomic mass is 10.4. The summed E-state index contributed by atoms with van der Waals surface area (Å²) >= 11 is 0. The second-order valence-corrected chi connectivity index (χ2v) is 3.67. The van der Waals surface area contributed by atoms with Crippen LogP contribution in [0.2, 0.25) is 0 Å². The lowest BCUT2D eigenvalue weighted by Crippen LogP contribution is -2.31. The van der Waals surface area contributed by atoms with Gasteiger partial charge < -0.3 is 10.6 Å². The van der Waals surface area contributed by atoms with E-state index in [1.165, 1.54) is 0 Å². The first-order valence-corrected chi connectivity index (χ1v) is 4.98. The number of aromatic nitrogens is 3. The highest BCUT2D eigenvalue weighted by atomic mass is 15.4. The van der Waals surface area contributed by atoms with Crippen LogP contribution < -0.4 is 10.6 Å². The summed E-state index contributed by atoms with van der Waals surface area (Å²) < 4.78 is 1.71. The van der Waals surface area contributed by atoms with Crippen molar-refractivity contribution < 1.29 is 0 Å². The molecule has 1 heterocycles. The Hall–Kier alpha value is -0.940. The maximum absolute atomic E-state index is 3.98. The average molecular weight is 197 g/mol. The fraction of sp³-hybridized carbons (Fsp3) is 0.778. The molecule has 0 fully saturated rings. The minimum absolute atomic E-state index is 0.549. The van der Waals surface area contributed by atoms with E-state index in [-0.39, 0.29) is 0 Å². The molecule has 2 N–H and O–H groups in total. The maximum atomic E-state index is 3.98. The van der Waals surface area contributed by atoms with Gasteiger partial charge in [-0.3, -0.25) is 4.68 Å². The van der Waals surface area contributed by atoms with Crippen LogP contribution >= 0.6 is 0 Å². The molecule has 14 heavy (non-hydrogen) atoms. The third-order valence-electron chi connectivity index (χ3n) is 1.81. The monoisotopic (exact) mass is 197 g/mol. The molecule has 5 nitrogen and oxygen atoms in total. The van der Waals surface area contributed by atoms with Gasteiger partial charge in [-0.05, 0) is 0 Å². The molecule has 1 aromatic heterocycles. The van der Waals surface area contributed by atoms with Gasteiger partial charge >= 0.3 is 0 Å². The quantitative estimate of drug-likeness (QED) is 0.625. The summed E-state index contributed by atoms with van der Waals surface area (Å²) in [6, 6.07) is 0.549. The summed E-state index contributed by atoms with van der Waals surface area (Å²) in [4.78, 5) is 0. The molecular weight excluding hydrogens is 178 g/mol. The minimum Gasteiger partial charge on any atom is -0.313 e. The van der Waals surface area contributed by atoms with Gasteiger partial charge in [0, 0.05) is 38.9 Å². The summed E-state index contributed by atoms with van der Waals surface area (Å²) in [5.74, 6) is 0. The van der Waals surface area contributed by atoms with Crippen LogP contribution in [0.3, 0.4) is 0 Å². The molecular formula is C9H19N5. The Morgan fingerprint density at radius 2 is 2.21 bits per heavy atom. The van der Waals surface area contributed by atoms with Gasteiger partial charge in [-0.25, -0.2) is 0 Å². The number of hydrogen-bond acceptors (Lipinski definition) is 4. The van der Waals surface area contributed by atoms with E-state index < -0.39 is 0 Å². The number of nitrogens with one attached hydrogen (secondary N) is 2. The predicted octanol–water partition coefficient (Wildman–Crippen LogP) is -0.0973. The van der Waals surface area contributed by atoms with Crippen molar-refractivity contribution in [1.29, 1.82) is 0 Å². The molecule has 0 atom stereocenters. The lowest BCUT2D eigenvalue weighted by Gasteiger charge is -2.07. The molecule has 0 spiro atoms. The first-order valence-electron chi connectivity index (χ1n) is 4.98. The molecule has 0 aliphatic heterocycles. The highest BCUT2D eigenvalue weighted by Gasteiger charge is 1.96. The van der Waals surface area contributed by atoms with Gasteiger partial charge in [-0.1, -0.05) is 19.1 Å². The van der Waals surface area contributed by atoms with Crippen LogP contribution in [0.4, 0.5) is 0 Å². The van der Waals surface area contributed by atoms with Crippen molar-refractivity contribution in [2.75, 3.05) is 13.1 Å². The Morgan fingerprint density at radius 3 is 2.79 bits per heavy atom. The van der Waals surface area contributed by atoms with E-state index >= 15 is 0 Å². The number of nitrogens with zero attached hydrogens (tertiary/aromatic N) is 3. The summed E-state index contributed by atoms with van der Waals surface area (Å²) in [7, 11) is 1.87. The first-order chi connectivity index (χ1) is 6.68. The highest BCUT2D eigenvalue weighted by molar-refractivity contribution is 4.90. The molecule has 0 bridgehead atoms. The van der Waals surface area contributed by atoms with E-state index in [0.717, 1.165) is 25.3 Å². The molecule has 0 aliphatic rings. The molecule has 0 saturated carbocycles. The third kappa shape index (κ3) is 4.34. The van der Waals surface area contributed by atoms with Crippen molar-refractivity contribution in [3.05, 3.63) is 11.9 Å². The van der Waals surface area contributed by atoms with E-state index in [0.29, 0.717) is 6.04 Å². The van der Waals surface area contributed by atoms with Crippen LogP contribution in [0.1, 0.15) is 19.5 Å². The smallest absolute Gasteiger partial charge is 0.0964 e. The van der Waals surface area contributed by atoms with Crippen molar-refractivity contribution in [3.63, 3.8) is 0 Å². The molecule has 80 valence electrons. The van der Waals surface area contributed by atoms with Crippen molar-refractivity contribution in [2.24, 2.45) is 7.05 Å². The summed E-state index contributed by atoms with van der Waals surface area (Å²) in [6.45, 7) is 7.01. The lowest BCUT2D eigenvalue weighted by molar-refractivity contribution is 0.553. The number of rotatable bonds is 6. The van der Waals surface area contributed by atoms with Gasteiger partial charge in [-0.15, -0.1) is 5.10 Å². The van der Waals surface area contributed by atoms with Gasteiger partial charge in [-0.2, -0.15) is 0 Å². The fourth-order valence-electron chi connectivity index (χ4n) is 1.14. The first kappa shape index (κ1) is 11.1. The Labute approximate surface area is 84.9 Å². The SMILES string of the molecule is CC(C)NCCNCc1cn(C)nn1. The molecule has 0 amide bonds. The summed E-state index contributed by atoms with van der Waals surface area (Å²) in [5, 5.41) is 14.5. The second-order valence-electron chi connectivity index (χ2n) is 3.67. The minimum atomic E-state index is 0.549. The van der Waals surface area contributed by atoms with Crippen LogP contribution in [0, 0.1) is 0 Å². The topological polar surface area (TPSA) is 54.8 Å². The number of aryl methyl sites for hydroxylation is 1. The van der Waals surface area contributed by atoms with Crippen LogP contribution in [-0.2, 0) is 13.6 Å². The standard InChI is InChI=1S/C9H19N5/c1-8(2)11-5-4-10-6-9-7-14(3)13-12-9/h7-8,10-11H,4-6H2,1-3H3. The molecule has 1 rings (SSSR count). The Morgan fingerprint density at radius 1 is 1.43 bits per heavy atom. The zero-order valence-corrected chi connectivity index (χ0v) is 9.12. The molecule has 0 aliphatic carbocycles. The molecule has 5 heteroatoms. The molecule has 0 saturated heterocycles. The Bertz CT molecular complexity index is 255. The fourth-order valence-corrected chi connectivity index (χ4v) is 1.14. The summed E-state index contributed by atoms with van der Waals surface area (Å²) in [5.41, 5.74) is 0.983. The molecule has 0 unspecified atom stereocenters. The van der Waals surface area contributed by atoms with Crippen LogP contribution in [0.5, 0.6) is 0 Å². The van der Waals surface area contributed by atoms with E-state index in [2.05, 4.69) is 34.8 Å². The number of hydrogen-bond donors (Lipinski definition) is 2. The predicted molar refractivity (Wildman–Crippen MR) is 55.8 cm³/mol. The van der Waals surface area contributed by atoms with Crippen molar-refractivity contribution in [3.8, 4) is 0 Å². The van der Waals surface area contributed by atoms with Crippen molar-refractivity contribution in [2.45, 2.75) is 26.4 Å². The van der Waals surface area contributed by atoms with E-state index in [1.54, 1.807) is 4.68 Å². The Balaban J connectivity index is 2.04. The van der Waals surface area contributed by atoms with Crippen LogP contribution in [0.15, 0.2) is 6.20 Å². The average Bonchev–Trinajstić information content (AvgIpc) is 2.50. The molecule has 0 aromatic carbocycles. The van der Waals surface area contributed by atoms with E-state index in [1.807, 2.05) is 13.2 Å². The van der Waals surface area contributed by atoms with E-state index in [9.17, 15) is 0 Å². The van der Waals surface area contributed by atoms with Gasteiger partial charge in [0.1, 0.15) is 0 Å². The molecule has 1 aromatic rings. The van der Waals surface area contributed by atoms with Gasteiger partial charge in [0.25, 0.3) is 0 Å². The highest BCUT2D eigenvalue weighted by Crippen LogP contribution is 1.88. The summed E-state index contributed by atoms with van der Waals surface area (Å²) in [6.07, 6.45) is 1.92. The maximum Gasteiger partial charge on any atom is 0.0964 e.